The first kappa shape index (κ1) is 12.3. The summed E-state index contributed by atoms with van der Waals surface area (Å²) in [4.78, 5) is 29.9. The largest absolute Gasteiger partial charge is 0.387 e. The highest BCUT2D eigenvalue weighted by Crippen LogP contribution is 2.36. The Morgan fingerprint density at radius 3 is 3.00 bits per heavy atom. The van der Waals surface area contributed by atoms with E-state index in [1.54, 1.807) is 30.5 Å². The molecule has 2 atom stereocenters. The van der Waals surface area contributed by atoms with Crippen LogP contribution in [-0.4, -0.2) is 23.9 Å². The van der Waals surface area contributed by atoms with Crippen molar-refractivity contribution in [2.45, 2.75) is 6.10 Å². The molecule has 1 aromatic rings. The van der Waals surface area contributed by atoms with Crippen LogP contribution < -0.4 is 5.32 Å². The molecule has 0 saturated heterocycles. The number of carbonyl (C=O) groups is 2. The summed E-state index contributed by atoms with van der Waals surface area (Å²) in [6, 6.07) is 4.95. The maximum Gasteiger partial charge on any atom is 0.211 e. The molecule has 2 unspecified atom stereocenters. The maximum atomic E-state index is 12.5. The van der Waals surface area contributed by atoms with E-state index in [4.69, 9.17) is 16.4 Å². The molecule has 0 aromatic heterocycles. The molecule has 0 saturated carbocycles. The van der Waals surface area contributed by atoms with E-state index in [-0.39, 0.29) is 23.2 Å². The van der Waals surface area contributed by atoms with Gasteiger partial charge in [0.05, 0.1) is 29.1 Å². The molecule has 3 aliphatic rings. The number of allylic oxidation sites excluding steroid dienone is 2. The SMILES string of the molecule is O=C1C=CC2C=NOC2/C1=C1/Nc2cc(Cl)ccc2C1=O. The van der Waals surface area contributed by atoms with Crippen LogP contribution in [0.3, 0.4) is 0 Å². The van der Waals surface area contributed by atoms with Crippen LogP contribution in [-0.2, 0) is 9.63 Å². The average Bonchev–Trinajstić information content (AvgIpc) is 3.04. The Kier molecular flexibility index (Phi) is 2.53. The number of Topliss-reactive ketones (excluding diaryl/α,β-unsaturated/α-hetero) is 1. The Morgan fingerprint density at radius 2 is 2.14 bits per heavy atom. The molecule has 0 fully saturated rings. The van der Waals surface area contributed by atoms with Crippen LogP contribution in [0, 0.1) is 5.92 Å². The van der Waals surface area contributed by atoms with Crippen LogP contribution in [0.4, 0.5) is 5.69 Å². The number of oxime groups is 1. The third kappa shape index (κ3) is 1.74. The fourth-order valence-electron chi connectivity index (χ4n) is 2.74. The molecule has 6 heteroatoms. The summed E-state index contributed by atoms with van der Waals surface area (Å²) in [6.45, 7) is 0. The van der Waals surface area contributed by atoms with Gasteiger partial charge in [0.25, 0.3) is 0 Å². The summed E-state index contributed by atoms with van der Waals surface area (Å²) < 4.78 is 0. The molecular formula is C15H9ClN2O3. The zero-order chi connectivity index (χ0) is 14.6. The molecule has 2 aliphatic heterocycles. The average molecular weight is 301 g/mol. The van der Waals surface area contributed by atoms with Crippen molar-refractivity contribution in [2.24, 2.45) is 11.1 Å². The number of hydrogen-bond acceptors (Lipinski definition) is 5. The third-order valence-corrected chi connectivity index (χ3v) is 3.99. The molecule has 0 amide bonds. The number of fused-ring (bicyclic) bond motifs is 2. The topological polar surface area (TPSA) is 67.8 Å². The van der Waals surface area contributed by atoms with E-state index in [1.165, 1.54) is 6.08 Å². The fraction of sp³-hybridized carbons (Fsp3) is 0.133. The van der Waals surface area contributed by atoms with Crippen molar-refractivity contribution in [3.63, 3.8) is 0 Å². The number of anilines is 1. The second-order valence-corrected chi connectivity index (χ2v) is 5.45. The van der Waals surface area contributed by atoms with Gasteiger partial charge in [-0.1, -0.05) is 22.8 Å². The molecule has 0 bridgehead atoms. The van der Waals surface area contributed by atoms with Gasteiger partial charge in [0.1, 0.15) is 0 Å². The Labute approximate surface area is 124 Å². The van der Waals surface area contributed by atoms with Crippen molar-refractivity contribution in [3.8, 4) is 0 Å². The minimum atomic E-state index is -0.543. The van der Waals surface area contributed by atoms with Crippen molar-refractivity contribution in [1.82, 2.24) is 0 Å². The summed E-state index contributed by atoms with van der Waals surface area (Å²) in [5.41, 5.74) is 1.67. The first-order valence-electron chi connectivity index (χ1n) is 6.42. The second kappa shape index (κ2) is 4.30. The Bertz CT molecular complexity index is 779. The number of halogens is 1. The van der Waals surface area contributed by atoms with Crippen molar-refractivity contribution in [2.75, 3.05) is 5.32 Å². The van der Waals surface area contributed by atoms with Crippen molar-refractivity contribution in [1.29, 1.82) is 0 Å². The van der Waals surface area contributed by atoms with E-state index >= 15 is 0 Å². The van der Waals surface area contributed by atoms with E-state index in [2.05, 4.69) is 10.5 Å². The Morgan fingerprint density at radius 1 is 1.29 bits per heavy atom. The van der Waals surface area contributed by atoms with E-state index in [0.29, 0.717) is 21.8 Å². The van der Waals surface area contributed by atoms with Crippen molar-refractivity contribution >= 4 is 35.1 Å². The smallest absolute Gasteiger partial charge is 0.211 e. The molecule has 0 spiro atoms. The molecule has 104 valence electrons. The number of nitrogens with one attached hydrogen (secondary N) is 1. The van der Waals surface area contributed by atoms with E-state index in [0.717, 1.165) is 0 Å². The third-order valence-electron chi connectivity index (χ3n) is 3.76. The van der Waals surface area contributed by atoms with Crippen molar-refractivity contribution < 1.29 is 14.4 Å². The minimum Gasteiger partial charge on any atom is -0.387 e. The molecule has 5 nitrogen and oxygen atoms in total. The van der Waals surface area contributed by atoms with Crippen molar-refractivity contribution in [3.05, 3.63) is 52.2 Å². The highest BCUT2D eigenvalue weighted by molar-refractivity contribution is 6.32. The molecule has 21 heavy (non-hydrogen) atoms. The van der Waals surface area contributed by atoms with E-state index in [9.17, 15) is 9.59 Å². The van der Waals surface area contributed by atoms with Gasteiger partial charge in [0, 0.05) is 10.6 Å². The number of hydrogen-bond donors (Lipinski definition) is 1. The van der Waals surface area contributed by atoms with Gasteiger partial charge in [-0.05, 0) is 24.3 Å². The van der Waals surface area contributed by atoms with Gasteiger partial charge < -0.3 is 10.2 Å². The molecule has 1 aromatic carbocycles. The molecule has 4 rings (SSSR count). The highest BCUT2D eigenvalue weighted by atomic mass is 35.5. The van der Waals surface area contributed by atoms with Crippen LogP contribution in [0.1, 0.15) is 10.4 Å². The number of carbonyl (C=O) groups excluding carboxylic acids is 2. The zero-order valence-electron chi connectivity index (χ0n) is 10.7. The maximum absolute atomic E-state index is 12.5. The van der Waals surface area contributed by atoms with Gasteiger partial charge in [-0.25, -0.2) is 0 Å². The summed E-state index contributed by atoms with van der Waals surface area (Å²) in [5, 5.41) is 7.26. The van der Waals surface area contributed by atoms with E-state index in [1.807, 2.05) is 0 Å². The number of benzene rings is 1. The van der Waals surface area contributed by atoms with Gasteiger partial charge in [0.2, 0.25) is 5.78 Å². The van der Waals surface area contributed by atoms with Gasteiger partial charge in [-0.15, -0.1) is 0 Å². The Hall–Kier alpha value is -2.40. The van der Waals surface area contributed by atoms with Crippen LogP contribution >= 0.6 is 11.6 Å². The quantitative estimate of drug-likeness (QED) is 0.747. The normalized spacial score (nSPS) is 29.2. The summed E-state index contributed by atoms with van der Waals surface area (Å²) in [7, 11) is 0. The fourth-order valence-corrected chi connectivity index (χ4v) is 2.91. The van der Waals surface area contributed by atoms with Gasteiger partial charge in [0.15, 0.2) is 11.9 Å². The lowest BCUT2D eigenvalue weighted by atomic mass is 9.86. The Balaban J connectivity index is 1.85. The van der Waals surface area contributed by atoms with Gasteiger partial charge in [-0.3, -0.25) is 9.59 Å². The molecule has 0 radical (unpaired) electrons. The lowest BCUT2D eigenvalue weighted by Crippen LogP contribution is -2.31. The van der Waals surface area contributed by atoms with Crippen LogP contribution in [0.15, 0.2) is 46.8 Å². The monoisotopic (exact) mass is 300 g/mol. The van der Waals surface area contributed by atoms with Gasteiger partial charge >= 0.3 is 0 Å². The first-order valence-corrected chi connectivity index (χ1v) is 6.80. The first-order chi connectivity index (χ1) is 10.1. The summed E-state index contributed by atoms with van der Waals surface area (Å²) in [6.07, 6.45) is 4.27. The summed E-state index contributed by atoms with van der Waals surface area (Å²) in [5.74, 6) is -0.585. The molecule has 2 heterocycles. The van der Waals surface area contributed by atoms with Crippen LogP contribution in [0.25, 0.3) is 0 Å². The second-order valence-electron chi connectivity index (χ2n) is 5.01. The zero-order valence-corrected chi connectivity index (χ0v) is 11.4. The predicted octanol–water partition coefficient (Wildman–Crippen LogP) is 2.34. The predicted molar refractivity (Wildman–Crippen MR) is 77.4 cm³/mol. The number of rotatable bonds is 0. The van der Waals surface area contributed by atoms with E-state index < -0.39 is 6.10 Å². The standard InChI is InChI=1S/C15H9ClN2O3/c16-8-2-3-9-10(5-8)18-13(14(9)20)12-11(19)4-1-7-6-17-21-15(7)12/h1-7,15,18H/b13-12+. The van der Waals surface area contributed by atoms with Crippen LogP contribution in [0.2, 0.25) is 5.02 Å². The molecule has 1 N–H and O–H groups in total. The summed E-state index contributed by atoms with van der Waals surface area (Å²) >= 11 is 5.93. The number of ketones is 2. The molecule has 1 aliphatic carbocycles. The molecular weight excluding hydrogens is 292 g/mol. The van der Waals surface area contributed by atoms with Gasteiger partial charge in [-0.2, -0.15) is 0 Å². The minimum absolute atomic E-state index is 0.118. The lowest BCUT2D eigenvalue weighted by molar-refractivity contribution is -0.113. The lowest BCUT2D eigenvalue weighted by Gasteiger charge is -2.21. The van der Waals surface area contributed by atoms with Crippen LogP contribution in [0.5, 0.6) is 0 Å². The highest BCUT2D eigenvalue weighted by Gasteiger charge is 2.40. The number of nitrogens with zero attached hydrogens (tertiary/aromatic N) is 1.